The van der Waals surface area contributed by atoms with E-state index in [1.807, 2.05) is 42.5 Å². The summed E-state index contributed by atoms with van der Waals surface area (Å²) >= 11 is 0. The van der Waals surface area contributed by atoms with Crippen molar-refractivity contribution >= 4 is 17.4 Å². The van der Waals surface area contributed by atoms with Gasteiger partial charge in [-0.3, -0.25) is 9.59 Å². The van der Waals surface area contributed by atoms with Crippen molar-refractivity contribution in [1.82, 2.24) is 4.90 Å². The molecule has 0 spiro atoms. The quantitative estimate of drug-likeness (QED) is 0.282. The lowest BCUT2D eigenvalue weighted by Gasteiger charge is -2.25. The summed E-state index contributed by atoms with van der Waals surface area (Å²) in [7, 11) is 1.53. The smallest absolute Gasteiger partial charge is 0.295 e. The Morgan fingerprint density at radius 3 is 2.54 bits per heavy atom. The zero-order chi connectivity index (χ0) is 25.8. The van der Waals surface area contributed by atoms with Gasteiger partial charge in [-0.1, -0.05) is 42.5 Å². The Labute approximate surface area is 214 Å². The molecule has 0 radical (unpaired) electrons. The van der Waals surface area contributed by atoms with Crippen LogP contribution in [0.4, 0.5) is 0 Å². The first-order valence-corrected chi connectivity index (χ1v) is 12.0. The molecule has 1 N–H and O–H groups in total. The number of nitrogens with zero attached hydrogens (tertiary/aromatic N) is 1. The Kier molecular flexibility index (Phi) is 7.09. The molecule has 0 aromatic heterocycles. The van der Waals surface area contributed by atoms with Crippen LogP contribution >= 0.6 is 0 Å². The number of fused-ring (bicyclic) bond motifs is 1. The maximum Gasteiger partial charge on any atom is 0.295 e. The minimum atomic E-state index is -0.816. The number of hydrogen-bond donors (Lipinski definition) is 1. The lowest BCUT2D eigenvalue weighted by molar-refractivity contribution is -0.140. The van der Waals surface area contributed by atoms with Gasteiger partial charge >= 0.3 is 0 Å². The van der Waals surface area contributed by atoms with Gasteiger partial charge in [0.25, 0.3) is 11.7 Å². The lowest BCUT2D eigenvalue weighted by atomic mass is 9.95. The van der Waals surface area contributed by atoms with Crippen LogP contribution in [0.15, 0.2) is 78.4 Å². The first kappa shape index (κ1) is 24.4. The van der Waals surface area contributed by atoms with E-state index in [0.29, 0.717) is 48.2 Å². The number of aliphatic hydroxyl groups is 1. The molecule has 1 unspecified atom stereocenters. The number of methoxy groups -OCH3 is 1. The normalized spacial score (nSPS) is 18.2. The highest BCUT2D eigenvalue weighted by molar-refractivity contribution is 6.46. The molecule has 190 valence electrons. The number of hydrogen-bond acceptors (Lipinski definition) is 7. The van der Waals surface area contributed by atoms with Crippen molar-refractivity contribution in [2.45, 2.75) is 12.6 Å². The van der Waals surface area contributed by atoms with Gasteiger partial charge in [0.1, 0.15) is 31.3 Å². The molecule has 1 saturated heterocycles. The molecule has 1 atom stereocenters. The van der Waals surface area contributed by atoms with E-state index in [0.717, 1.165) is 5.56 Å². The standard InChI is InChI=1S/C29H27NO7/c1-34-13-12-30-26(20-8-5-9-22(16-20)37-18-19-6-3-2-4-7-19)25(28(32)29(30)33)27(31)21-10-11-23-24(17-21)36-15-14-35-23/h2-11,16-17,26,31H,12-15,18H2,1H3. The van der Waals surface area contributed by atoms with Crippen molar-refractivity contribution in [2.24, 2.45) is 0 Å². The topological polar surface area (TPSA) is 94.5 Å². The molecule has 5 rings (SSSR count). The van der Waals surface area contributed by atoms with E-state index in [-0.39, 0.29) is 24.5 Å². The highest BCUT2D eigenvalue weighted by atomic mass is 16.6. The summed E-state index contributed by atoms with van der Waals surface area (Å²) in [6.45, 7) is 1.60. The highest BCUT2D eigenvalue weighted by Gasteiger charge is 2.46. The van der Waals surface area contributed by atoms with Crippen molar-refractivity contribution in [3.63, 3.8) is 0 Å². The van der Waals surface area contributed by atoms with Crippen molar-refractivity contribution in [2.75, 3.05) is 33.5 Å². The SMILES string of the molecule is COCCN1C(=O)C(=O)C(=C(O)c2ccc3c(c2)OCCO3)C1c1cccc(OCc2ccccc2)c1. The first-order chi connectivity index (χ1) is 18.1. The predicted molar refractivity (Wildman–Crippen MR) is 136 cm³/mol. The summed E-state index contributed by atoms with van der Waals surface area (Å²) in [5.74, 6) is -0.130. The summed E-state index contributed by atoms with van der Waals surface area (Å²) < 4.78 is 22.4. The van der Waals surface area contributed by atoms with Gasteiger partial charge in [-0.05, 0) is 41.5 Å². The van der Waals surface area contributed by atoms with Crippen LogP contribution in [0.2, 0.25) is 0 Å². The number of ether oxygens (including phenoxy) is 4. The van der Waals surface area contributed by atoms with Crippen LogP contribution in [0.1, 0.15) is 22.7 Å². The second-order valence-electron chi connectivity index (χ2n) is 8.69. The number of amides is 1. The average Bonchev–Trinajstić information content (AvgIpc) is 3.20. The molecule has 2 aliphatic heterocycles. The van der Waals surface area contributed by atoms with Crippen LogP contribution in [-0.2, 0) is 20.9 Å². The number of ketones is 1. The number of rotatable bonds is 8. The van der Waals surface area contributed by atoms with Crippen LogP contribution in [0, 0.1) is 0 Å². The minimum absolute atomic E-state index is 0.00186. The first-order valence-electron chi connectivity index (χ1n) is 12.0. The molecule has 1 amide bonds. The number of benzene rings is 3. The van der Waals surface area contributed by atoms with Gasteiger partial charge in [0, 0.05) is 19.2 Å². The molecule has 8 nitrogen and oxygen atoms in total. The van der Waals surface area contributed by atoms with Gasteiger partial charge in [-0.25, -0.2) is 0 Å². The van der Waals surface area contributed by atoms with E-state index in [4.69, 9.17) is 18.9 Å². The summed E-state index contributed by atoms with van der Waals surface area (Å²) in [6.07, 6.45) is 0. The van der Waals surface area contributed by atoms with Gasteiger partial charge in [-0.15, -0.1) is 0 Å². The van der Waals surface area contributed by atoms with Gasteiger partial charge in [0.15, 0.2) is 11.5 Å². The molecule has 0 saturated carbocycles. The Hall–Kier alpha value is -4.30. The van der Waals surface area contributed by atoms with Gasteiger partial charge in [0.2, 0.25) is 0 Å². The summed E-state index contributed by atoms with van der Waals surface area (Å²) in [4.78, 5) is 27.7. The average molecular weight is 502 g/mol. The molecule has 37 heavy (non-hydrogen) atoms. The van der Waals surface area contributed by atoms with Crippen LogP contribution in [0.3, 0.4) is 0 Å². The largest absolute Gasteiger partial charge is 0.507 e. The van der Waals surface area contributed by atoms with Gasteiger partial charge < -0.3 is 29.0 Å². The van der Waals surface area contributed by atoms with Crippen LogP contribution < -0.4 is 14.2 Å². The number of likely N-dealkylation sites (tertiary alicyclic amines) is 1. The molecule has 1 fully saturated rings. The number of carbonyl (C=O) groups is 2. The van der Waals surface area contributed by atoms with Crippen LogP contribution in [0.25, 0.3) is 5.76 Å². The van der Waals surface area contributed by atoms with E-state index in [2.05, 4.69) is 0 Å². The fourth-order valence-electron chi connectivity index (χ4n) is 4.51. The summed E-state index contributed by atoms with van der Waals surface area (Å²) in [5, 5.41) is 11.3. The zero-order valence-corrected chi connectivity index (χ0v) is 20.4. The Morgan fingerprint density at radius 2 is 1.76 bits per heavy atom. The minimum Gasteiger partial charge on any atom is -0.507 e. The number of carbonyl (C=O) groups excluding carboxylic acids is 2. The fourth-order valence-corrected chi connectivity index (χ4v) is 4.51. The van der Waals surface area contributed by atoms with Crippen molar-refractivity contribution in [1.29, 1.82) is 0 Å². The molecule has 8 heteroatoms. The number of Topliss-reactive ketones (excluding diaryl/α,β-unsaturated/α-hetero) is 1. The Bertz CT molecular complexity index is 1340. The zero-order valence-electron chi connectivity index (χ0n) is 20.4. The molecule has 2 heterocycles. The third kappa shape index (κ3) is 5.01. The highest BCUT2D eigenvalue weighted by Crippen LogP contribution is 2.41. The fraction of sp³-hybridized carbons (Fsp3) is 0.241. The van der Waals surface area contributed by atoms with Crippen molar-refractivity contribution < 1.29 is 33.6 Å². The Balaban J connectivity index is 1.53. The van der Waals surface area contributed by atoms with Crippen molar-refractivity contribution in [3.05, 3.63) is 95.1 Å². The molecule has 3 aromatic carbocycles. The second-order valence-corrected chi connectivity index (χ2v) is 8.69. The molecule has 2 aliphatic rings. The monoisotopic (exact) mass is 501 g/mol. The number of aliphatic hydroxyl groups excluding tert-OH is 1. The lowest BCUT2D eigenvalue weighted by Crippen LogP contribution is -2.32. The molecular formula is C29H27NO7. The Morgan fingerprint density at radius 1 is 0.973 bits per heavy atom. The van der Waals surface area contributed by atoms with E-state index in [1.165, 1.54) is 12.0 Å². The summed E-state index contributed by atoms with van der Waals surface area (Å²) in [5.41, 5.74) is 2.01. The van der Waals surface area contributed by atoms with Gasteiger partial charge in [-0.2, -0.15) is 0 Å². The van der Waals surface area contributed by atoms with Gasteiger partial charge in [0.05, 0.1) is 18.2 Å². The second kappa shape index (κ2) is 10.8. The molecule has 0 bridgehead atoms. The van der Waals surface area contributed by atoms with Crippen LogP contribution in [-0.4, -0.2) is 55.2 Å². The van der Waals surface area contributed by atoms with Crippen molar-refractivity contribution in [3.8, 4) is 17.2 Å². The third-order valence-electron chi connectivity index (χ3n) is 6.31. The third-order valence-corrected chi connectivity index (χ3v) is 6.31. The predicted octanol–water partition coefficient (Wildman–Crippen LogP) is 4.10. The molecule has 0 aliphatic carbocycles. The maximum absolute atomic E-state index is 13.2. The molecular weight excluding hydrogens is 474 g/mol. The van der Waals surface area contributed by atoms with E-state index >= 15 is 0 Å². The van der Waals surface area contributed by atoms with E-state index in [9.17, 15) is 14.7 Å². The van der Waals surface area contributed by atoms with E-state index < -0.39 is 17.7 Å². The summed E-state index contributed by atoms with van der Waals surface area (Å²) in [6, 6.07) is 21.1. The molecule has 3 aromatic rings. The van der Waals surface area contributed by atoms with Crippen LogP contribution in [0.5, 0.6) is 17.2 Å². The maximum atomic E-state index is 13.2. The van der Waals surface area contributed by atoms with E-state index in [1.54, 1.807) is 30.3 Å².